The average molecular weight is 504 g/mol. The third kappa shape index (κ3) is 7.23. The van der Waals surface area contributed by atoms with Crippen LogP contribution in [-0.2, 0) is 30.4 Å². The molecule has 196 valence electrons. The minimum absolute atomic E-state index is 0.0847. The van der Waals surface area contributed by atoms with Gasteiger partial charge >= 0.3 is 6.18 Å². The summed E-state index contributed by atoms with van der Waals surface area (Å²) in [7, 11) is 3.74. The Morgan fingerprint density at radius 2 is 1.78 bits per heavy atom. The van der Waals surface area contributed by atoms with E-state index in [2.05, 4.69) is 11.0 Å². The molecule has 1 fully saturated rings. The number of carbonyl (C=O) groups excluding carboxylic acids is 1. The molecule has 0 saturated heterocycles. The minimum atomic E-state index is -4.47. The number of benzene rings is 2. The highest BCUT2D eigenvalue weighted by Gasteiger charge is 2.33. The summed E-state index contributed by atoms with van der Waals surface area (Å²) in [5, 5.41) is 0. The van der Waals surface area contributed by atoms with Crippen LogP contribution in [0, 0.1) is 5.92 Å². The lowest BCUT2D eigenvalue weighted by Crippen LogP contribution is -2.39. The Balaban J connectivity index is 1.44. The molecule has 36 heavy (non-hydrogen) atoms. The Morgan fingerprint density at radius 3 is 2.50 bits per heavy atom. The van der Waals surface area contributed by atoms with E-state index in [1.165, 1.54) is 35.4 Å². The highest BCUT2D eigenvalue weighted by Crippen LogP contribution is 2.33. The van der Waals surface area contributed by atoms with Crippen molar-refractivity contribution in [1.82, 2.24) is 14.7 Å². The second-order valence-electron chi connectivity index (χ2n) is 10.2. The lowest BCUT2D eigenvalue weighted by Gasteiger charge is -2.26. The number of alkyl halides is 3. The van der Waals surface area contributed by atoms with Gasteiger partial charge in [-0.25, -0.2) is 0 Å². The van der Waals surface area contributed by atoms with Gasteiger partial charge in [0.05, 0.1) is 5.56 Å². The van der Waals surface area contributed by atoms with Gasteiger partial charge in [0.1, 0.15) is 5.75 Å². The second kappa shape index (κ2) is 11.6. The molecule has 2 aromatic carbocycles. The molecule has 5 nitrogen and oxygen atoms in total. The summed E-state index contributed by atoms with van der Waals surface area (Å²) >= 11 is 0. The van der Waals surface area contributed by atoms with Gasteiger partial charge in [-0.1, -0.05) is 30.3 Å². The zero-order valence-electron chi connectivity index (χ0n) is 21.2. The molecule has 1 heterocycles. The molecule has 1 amide bonds. The van der Waals surface area contributed by atoms with Crippen LogP contribution in [0.15, 0.2) is 42.5 Å². The van der Waals surface area contributed by atoms with Crippen molar-refractivity contribution < 1.29 is 22.7 Å². The smallest absolute Gasteiger partial charge is 0.416 e. The fourth-order valence-corrected chi connectivity index (χ4v) is 4.76. The van der Waals surface area contributed by atoms with E-state index in [1.54, 1.807) is 6.07 Å². The van der Waals surface area contributed by atoms with Crippen LogP contribution in [0.4, 0.5) is 13.2 Å². The fraction of sp³-hybridized carbons (Fsp3) is 0.536. The molecule has 8 heteroatoms. The van der Waals surface area contributed by atoms with E-state index in [4.69, 9.17) is 4.74 Å². The van der Waals surface area contributed by atoms with E-state index in [0.29, 0.717) is 18.8 Å². The lowest BCUT2D eigenvalue weighted by atomic mass is 10.0. The van der Waals surface area contributed by atoms with Gasteiger partial charge in [0.15, 0.2) is 6.61 Å². The molecule has 0 bridgehead atoms. The van der Waals surface area contributed by atoms with Crippen LogP contribution in [0.25, 0.3) is 0 Å². The number of likely N-dealkylation sites (N-methyl/N-ethyl adjacent to an activating group) is 1. The Labute approximate surface area is 211 Å². The van der Waals surface area contributed by atoms with Gasteiger partial charge in [-0.15, -0.1) is 0 Å². The molecule has 0 radical (unpaired) electrons. The van der Waals surface area contributed by atoms with Crippen molar-refractivity contribution in [2.24, 2.45) is 5.92 Å². The number of amides is 1. The number of hydrogen-bond acceptors (Lipinski definition) is 4. The quantitative estimate of drug-likeness (QED) is 0.479. The normalized spacial score (nSPS) is 16.5. The second-order valence-corrected chi connectivity index (χ2v) is 10.2. The summed E-state index contributed by atoms with van der Waals surface area (Å²) in [5.74, 6) is 1.22. The highest BCUT2D eigenvalue weighted by molar-refractivity contribution is 5.78. The van der Waals surface area contributed by atoms with Crippen molar-refractivity contribution in [2.75, 3.05) is 53.4 Å². The highest BCUT2D eigenvalue weighted by atomic mass is 19.4. The standard InChI is InChI=1S/C28H36F3N3O2/c1-32(2)16-17-34(19-23-6-3-4-8-25(23)28(29,30)31)27(35)20-36-26-9-5-7-22-12-14-33(15-13-24(22)26)18-21-10-11-21/h3-9,21H,10-20H2,1-2H3. The monoisotopic (exact) mass is 503 g/mol. The van der Waals surface area contributed by atoms with Crippen molar-refractivity contribution >= 4 is 5.91 Å². The van der Waals surface area contributed by atoms with Crippen LogP contribution in [0.1, 0.15) is 35.1 Å². The molecule has 1 aliphatic heterocycles. The zero-order chi connectivity index (χ0) is 25.7. The van der Waals surface area contributed by atoms with E-state index in [-0.39, 0.29) is 24.6 Å². The lowest BCUT2D eigenvalue weighted by molar-refractivity contribution is -0.140. The molecule has 0 spiro atoms. The van der Waals surface area contributed by atoms with Gasteiger partial charge in [-0.2, -0.15) is 13.2 Å². The molecule has 0 unspecified atom stereocenters. The van der Waals surface area contributed by atoms with Gasteiger partial charge in [0, 0.05) is 39.3 Å². The van der Waals surface area contributed by atoms with Crippen LogP contribution >= 0.6 is 0 Å². The largest absolute Gasteiger partial charge is 0.483 e. The summed E-state index contributed by atoms with van der Waals surface area (Å²) in [4.78, 5) is 19.1. The van der Waals surface area contributed by atoms with E-state index >= 15 is 0 Å². The van der Waals surface area contributed by atoms with Gasteiger partial charge in [-0.3, -0.25) is 4.79 Å². The van der Waals surface area contributed by atoms with Gasteiger partial charge in [0.25, 0.3) is 5.91 Å². The predicted molar refractivity (Wildman–Crippen MR) is 134 cm³/mol. The first-order valence-corrected chi connectivity index (χ1v) is 12.7. The summed E-state index contributed by atoms with van der Waals surface area (Å²) in [6.45, 7) is 3.69. The summed E-state index contributed by atoms with van der Waals surface area (Å²) < 4.78 is 46.6. The summed E-state index contributed by atoms with van der Waals surface area (Å²) in [5.41, 5.74) is 1.77. The SMILES string of the molecule is CN(C)CCN(Cc1ccccc1C(F)(F)F)C(=O)COc1cccc2c1CCN(CC1CC1)CC2. The predicted octanol–water partition coefficient (Wildman–Crippen LogP) is 4.49. The zero-order valence-corrected chi connectivity index (χ0v) is 21.2. The number of hydrogen-bond donors (Lipinski definition) is 0. The van der Waals surface area contributed by atoms with Gasteiger partial charge in [-0.05, 0) is 74.5 Å². The number of carbonyl (C=O) groups is 1. The molecular formula is C28H36F3N3O2. The number of ether oxygens (including phenoxy) is 1. The molecule has 0 N–H and O–H groups in total. The van der Waals surface area contributed by atoms with Crippen molar-refractivity contribution in [2.45, 2.75) is 38.4 Å². The van der Waals surface area contributed by atoms with Gasteiger partial charge < -0.3 is 19.4 Å². The van der Waals surface area contributed by atoms with E-state index in [0.717, 1.165) is 50.0 Å². The van der Waals surface area contributed by atoms with Crippen LogP contribution in [0.3, 0.4) is 0 Å². The first-order valence-electron chi connectivity index (χ1n) is 12.7. The van der Waals surface area contributed by atoms with Crippen molar-refractivity contribution in [3.8, 4) is 5.75 Å². The fourth-order valence-electron chi connectivity index (χ4n) is 4.76. The third-order valence-corrected chi connectivity index (χ3v) is 7.02. The Hall–Kier alpha value is -2.58. The molecule has 2 aromatic rings. The summed E-state index contributed by atoms with van der Waals surface area (Å²) in [6, 6.07) is 11.4. The van der Waals surface area contributed by atoms with Crippen LogP contribution < -0.4 is 4.74 Å². The number of fused-ring (bicyclic) bond motifs is 1. The molecule has 2 aliphatic rings. The van der Waals surface area contributed by atoms with E-state index < -0.39 is 11.7 Å². The van der Waals surface area contributed by atoms with Crippen LogP contribution in [-0.4, -0.2) is 74.0 Å². The Kier molecular flexibility index (Phi) is 8.57. The molecule has 0 atom stereocenters. The molecule has 4 rings (SSSR count). The molecular weight excluding hydrogens is 467 g/mol. The maximum absolute atomic E-state index is 13.5. The van der Waals surface area contributed by atoms with Crippen molar-refractivity contribution in [1.29, 1.82) is 0 Å². The Morgan fingerprint density at radius 1 is 1.03 bits per heavy atom. The van der Waals surface area contributed by atoms with E-state index in [1.807, 2.05) is 31.1 Å². The van der Waals surface area contributed by atoms with Crippen LogP contribution in [0.5, 0.6) is 5.75 Å². The first-order chi connectivity index (χ1) is 17.2. The number of rotatable bonds is 10. The topological polar surface area (TPSA) is 36.0 Å². The van der Waals surface area contributed by atoms with Crippen molar-refractivity contribution in [3.63, 3.8) is 0 Å². The summed E-state index contributed by atoms with van der Waals surface area (Å²) in [6.07, 6.45) is 0.0137. The van der Waals surface area contributed by atoms with E-state index in [9.17, 15) is 18.0 Å². The van der Waals surface area contributed by atoms with Gasteiger partial charge in [0.2, 0.25) is 0 Å². The Bertz CT molecular complexity index is 1040. The molecule has 0 aromatic heterocycles. The maximum atomic E-state index is 13.5. The number of halogens is 3. The molecule has 1 saturated carbocycles. The first kappa shape index (κ1) is 26.5. The third-order valence-electron chi connectivity index (χ3n) is 7.02. The maximum Gasteiger partial charge on any atom is 0.416 e. The van der Waals surface area contributed by atoms with Crippen LogP contribution in [0.2, 0.25) is 0 Å². The minimum Gasteiger partial charge on any atom is -0.483 e. The van der Waals surface area contributed by atoms with Crippen molar-refractivity contribution in [3.05, 3.63) is 64.7 Å². The molecule has 1 aliphatic carbocycles. The average Bonchev–Trinajstić information content (AvgIpc) is 3.67. The number of nitrogens with zero attached hydrogens (tertiary/aromatic N) is 3.